The van der Waals surface area contributed by atoms with E-state index in [0.29, 0.717) is 6.61 Å². The predicted molar refractivity (Wildman–Crippen MR) is 116 cm³/mol. The van der Waals surface area contributed by atoms with Gasteiger partial charge in [-0.3, -0.25) is 4.98 Å². The van der Waals surface area contributed by atoms with Crippen molar-refractivity contribution in [2.75, 3.05) is 41.0 Å². The summed E-state index contributed by atoms with van der Waals surface area (Å²) in [6.07, 6.45) is 5.78. The van der Waals surface area contributed by atoms with Gasteiger partial charge in [-0.1, -0.05) is 0 Å². The molecule has 0 saturated carbocycles. The minimum Gasteiger partial charge on any atom is -0.488 e. The van der Waals surface area contributed by atoms with E-state index in [1.807, 2.05) is 30.6 Å². The van der Waals surface area contributed by atoms with E-state index in [1.54, 1.807) is 0 Å². The molecule has 6 rings (SSSR count). The van der Waals surface area contributed by atoms with E-state index in [-0.39, 0.29) is 12.1 Å². The Balaban J connectivity index is 1.24. The van der Waals surface area contributed by atoms with Gasteiger partial charge < -0.3 is 26.0 Å². The molecule has 0 bridgehead atoms. The number of anilines is 4. The maximum absolute atomic E-state index is 5.65. The molecular formula is C22H23N7O. The van der Waals surface area contributed by atoms with Gasteiger partial charge in [0.1, 0.15) is 12.4 Å². The standard InChI is InChI=1S/C22H23N7O/c1-2-15(26-14-7-8-23-11-13(1)14)16-3-4-18-21(27-16)29-19(12-25-18)17-5-6-20-22(28-17)24-9-10-30-20/h3-8,11,15,19,25-26H,1-2,9-10,12H2,(H,24,28)(H,27,29). The molecule has 30 heavy (non-hydrogen) atoms. The Morgan fingerprint density at radius 1 is 0.867 bits per heavy atom. The smallest absolute Gasteiger partial charge is 0.169 e. The molecule has 3 aromatic rings. The van der Waals surface area contributed by atoms with Gasteiger partial charge in [0.05, 0.1) is 35.7 Å². The van der Waals surface area contributed by atoms with Crippen molar-refractivity contribution in [2.45, 2.75) is 24.9 Å². The zero-order valence-electron chi connectivity index (χ0n) is 16.5. The van der Waals surface area contributed by atoms with E-state index in [2.05, 4.69) is 38.4 Å². The largest absolute Gasteiger partial charge is 0.488 e. The maximum Gasteiger partial charge on any atom is 0.169 e. The van der Waals surface area contributed by atoms with Crippen LogP contribution in [0.1, 0.15) is 35.5 Å². The van der Waals surface area contributed by atoms with E-state index >= 15 is 0 Å². The molecular weight excluding hydrogens is 378 g/mol. The fraction of sp³-hybridized carbons (Fsp3) is 0.318. The number of aryl methyl sites for hydroxylation is 1. The van der Waals surface area contributed by atoms with Gasteiger partial charge >= 0.3 is 0 Å². The lowest BCUT2D eigenvalue weighted by molar-refractivity contribution is 0.321. The lowest BCUT2D eigenvalue weighted by Gasteiger charge is -2.30. The van der Waals surface area contributed by atoms with E-state index in [9.17, 15) is 0 Å². The first-order valence-electron chi connectivity index (χ1n) is 10.4. The van der Waals surface area contributed by atoms with E-state index in [0.717, 1.165) is 66.1 Å². The molecule has 2 unspecified atom stereocenters. The van der Waals surface area contributed by atoms with Crippen molar-refractivity contribution in [1.82, 2.24) is 15.0 Å². The molecule has 0 fully saturated rings. The second kappa shape index (κ2) is 7.05. The van der Waals surface area contributed by atoms with Crippen LogP contribution in [0, 0.1) is 0 Å². The summed E-state index contributed by atoms with van der Waals surface area (Å²) in [5.41, 5.74) is 5.45. The van der Waals surface area contributed by atoms with E-state index in [1.165, 1.54) is 5.56 Å². The van der Waals surface area contributed by atoms with Gasteiger partial charge in [0.2, 0.25) is 0 Å². The molecule has 8 heteroatoms. The molecule has 2 atom stereocenters. The van der Waals surface area contributed by atoms with Crippen molar-refractivity contribution in [1.29, 1.82) is 0 Å². The van der Waals surface area contributed by atoms with Gasteiger partial charge in [-0.05, 0) is 48.7 Å². The summed E-state index contributed by atoms with van der Waals surface area (Å²) >= 11 is 0. The minimum absolute atomic E-state index is 0.0420. The van der Waals surface area contributed by atoms with Crippen molar-refractivity contribution < 1.29 is 4.74 Å². The van der Waals surface area contributed by atoms with Crippen LogP contribution in [-0.4, -0.2) is 34.6 Å². The highest BCUT2D eigenvalue weighted by Crippen LogP contribution is 2.36. The van der Waals surface area contributed by atoms with E-state index < -0.39 is 0 Å². The normalized spacial score (nSPS) is 21.3. The number of nitrogens with zero attached hydrogens (tertiary/aromatic N) is 3. The molecule has 3 aliphatic rings. The summed E-state index contributed by atoms with van der Waals surface area (Å²) in [7, 11) is 0. The number of nitrogens with one attached hydrogen (secondary N) is 4. The van der Waals surface area contributed by atoms with Gasteiger partial charge in [0.25, 0.3) is 0 Å². The van der Waals surface area contributed by atoms with Gasteiger partial charge in [-0.25, -0.2) is 9.97 Å². The van der Waals surface area contributed by atoms with Crippen molar-refractivity contribution in [3.8, 4) is 5.75 Å². The van der Waals surface area contributed by atoms with Crippen molar-refractivity contribution in [3.05, 3.63) is 59.7 Å². The summed E-state index contributed by atoms with van der Waals surface area (Å²) < 4.78 is 5.65. The second-order valence-corrected chi connectivity index (χ2v) is 7.84. The highest BCUT2D eigenvalue weighted by Gasteiger charge is 2.25. The SMILES string of the molecule is c1cc2c(cn1)CCC(c1ccc3c(n1)NC(c1ccc4c(n1)NCCO4)CN3)N2. The van der Waals surface area contributed by atoms with Crippen LogP contribution >= 0.6 is 0 Å². The monoisotopic (exact) mass is 401 g/mol. The van der Waals surface area contributed by atoms with Crippen LogP contribution in [0.4, 0.5) is 23.0 Å². The van der Waals surface area contributed by atoms with Crippen molar-refractivity contribution in [3.63, 3.8) is 0 Å². The third-order valence-corrected chi connectivity index (χ3v) is 5.91. The fourth-order valence-corrected chi connectivity index (χ4v) is 4.31. The number of hydrogen-bond acceptors (Lipinski definition) is 8. The van der Waals surface area contributed by atoms with Gasteiger partial charge in [-0.15, -0.1) is 0 Å². The summed E-state index contributed by atoms with van der Waals surface area (Å²) in [6.45, 7) is 2.21. The van der Waals surface area contributed by atoms with Crippen LogP contribution in [0.5, 0.6) is 5.75 Å². The zero-order chi connectivity index (χ0) is 19.9. The molecule has 0 amide bonds. The first-order valence-corrected chi connectivity index (χ1v) is 10.4. The number of ether oxygens (including phenoxy) is 1. The predicted octanol–water partition coefficient (Wildman–Crippen LogP) is 3.35. The van der Waals surface area contributed by atoms with Gasteiger partial charge in [0.15, 0.2) is 11.6 Å². The van der Waals surface area contributed by atoms with Crippen LogP contribution in [-0.2, 0) is 6.42 Å². The molecule has 0 saturated heterocycles. The molecule has 3 aromatic heterocycles. The van der Waals surface area contributed by atoms with Gasteiger partial charge in [-0.2, -0.15) is 0 Å². The van der Waals surface area contributed by atoms with Crippen LogP contribution < -0.4 is 26.0 Å². The number of fused-ring (bicyclic) bond motifs is 3. The average Bonchev–Trinajstić information content (AvgIpc) is 2.82. The zero-order valence-corrected chi connectivity index (χ0v) is 16.5. The van der Waals surface area contributed by atoms with Crippen LogP contribution in [0.3, 0.4) is 0 Å². The average molecular weight is 401 g/mol. The van der Waals surface area contributed by atoms with Crippen molar-refractivity contribution in [2.24, 2.45) is 0 Å². The molecule has 0 aliphatic carbocycles. The first-order chi connectivity index (χ1) is 14.8. The second-order valence-electron chi connectivity index (χ2n) is 7.84. The molecule has 152 valence electrons. The lowest BCUT2D eigenvalue weighted by atomic mass is 9.97. The van der Waals surface area contributed by atoms with Crippen LogP contribution in [0.2, 0.25) is 0 Å². The fourth-order valence-electron chi connectivity index (χ4n) is 4.31. The lowest BCUT2D eigenvalue weighted by Crippen LogP contribution is -2.29. The minimum atomic E-state index is 0.0420. The Morgan fingerprint density at radius 2 is 1.77 bits per heavy atom. The first kappa shape index (κ1) is 17.3. The Morgan fingerprint density at radius 3 is 2.77 bits per heavy atom. The van der Waals surface area contributed by atoms with Gasteiger partial charge in [0, 0.05) is 24.6 Å². The molecule has 0 radical (unpaired) electrons. The molecule has 8 nitrogen and oxygen atoms in total. The Labute approximate surface area is 174 Å². The van der Waals surface area contributed by atoms with Crippen molar-refractivity contribution >= 4 is 23.0 Å². The number of pyridine rings is 3. The molecule has 0 aromatic carbocycles. The summed E-state index contributed by atoms with van der Waals surface area (Å²) in [6, 6.07) is 10.5. The number of hydrogen-bond donors (Lipinski definition) is 4. The quantitative estimate of drug-likeness (QED) is 0.519. The number of aromatic nitrogens is 3. The van der Waals surface area contributed by atoms with Crippen LogP contribution in [0.25, 0.3) is 0 Å². The Bertz CT molecular complexity index is 1100. The Hall–Kier alpha value is -3.55. The summed E-state index contributed by atoms with van der Waals surface area (Å²) in [5.74, 6) is 2.50. The highest BCUT2D eigenvalue weighted by atomic mass is 16.5. The summed E-state index contributed by atoms with van der Waals surface area (Å²) in [4.78, 5) is 13.9. The molecule has 6 heterocycles. The Kier molecular flexibility index (Phi) is 4.07. The third-order valence-electron chi connectivity index (χ3n) is 5.91. The van der Waals surface area contributed by atoms with Crippen LogP contribution in [0.15, 0.2) is 42.7 Å². The number of rotatable bonds is 2. The van der Waals surface area contributed by atoms with E-state index in [4.69, 9.17) is 14.7 Å². The summed E-state index contributed by atoms with van der Waals surface area (Å²) in [5, 5.41) is 14.0. The molecule has 0 spiro atoms. The topological polar surface area (TPSA) is 96.0 Å². The third kappa shape index (κ3) is 3.04. The molecule has 3 aliphatic heterocycles. The highest BCUT2D eigenvalue weighted by molar-refractivity contribution is 5.68. The molecule has 4 N–H and O–H groups in total. The maximum atomic E-state index is 5.65.